The Morgan fingerprint density at radius 2 is 1.80 bits per heavy atom. The van der Waals surface area contributed by atoms with Gasteiger partial charge in [0.2, 0.25) is 12.0 Å². The number of aliphatic hydroxyl groups excluding tert-OH is 4. The molecule has 0 aromatic heterocycles. The van der Waals surface area contributed by atoms with E-state index in [1.165, 1.54) is 48.8 Å². The first-order chi connectivity index (χ1) is 33.1. The van der Waals surface area contributed by atoms with Gasteiger partial charge in [-0.05, 0) is 92.1 Å². The van der Waals surface area contributed by atoms with Gasteiger partial charge in [-0.25, -0.2) is 14.8 Å². The molecular formula is C50H54N4O15. The summed E-state index contributed by atoms with van der Waals surface area (Å²) in [4.78, 5) is 25.6. The van der Waals surface area contributed by atoms with E-state index in [4.69, 9.17) is 29.1 Å². The molecule has 2 bridgehead atoms. The second kappa shape index (κ2) is 18.7. The van der Waals surface area contributed by atoms with E-state index in [0.29, 0.717) is 48.8 Å². The minimum Gasteiger partial charge on any atom is -0.508 e. The second-order valence-corrected chi connectivity index (χ2v) is 18.1. The van der Waals surface area contributed by atoms with Crippen molar-refractivity contribution in [3.8, 4) is 34.5 Å². The molecule has 69 heavy (non-hydrogen) atoms. The lowest BCUT2D eigenvalue weighted by molar-refractivity contribution is -0.338. The zero-order chi connectivity index (χ0) is 48.8. The number of ether oxygens (including phenoxy) is 5. The standard InChI is InChI=1S/C50H54N4O15/c1-2-3-4-8-27-22-49(63)46(62)50(64,40(27)32-23-52-25-53-32)44(45(60)61)68-47(49)67-36-21-35-39(42(59)43(36)69-48(17-5-6-18-48)28-9-7-10-29(56)19-28)33(57)20-34(66-35)26-11-13-30(14-12-26)65-37(24-55)41(58)31-15-16-38(51)54-31/h7,9-16,19-22,25,34,37,40-41,44,46-47,51,55-59,62-64H,2-6,8,17-18,23-24H2,1H3,(H,60,61)/t34?,37-,40-,41-,44-,46+,47-,49-,50-/m1/s1. The highest BCUT2D eigenvalue weighted by atomic mass is 16.7. The number of phenolic OH excluding ortho intramolecular Hbond substituents is 2. The number of benzene rings is 3. The fraction of sp³-hybridized carbons (Fsp3) is 0.420. The molecule has 1 unspecified atom stereocenters. The Morgan fingerprint density at radius 1 is 1.03 bits per heavy atom. The Balaban J connectivity index is 1.11. The van der Waals surface area contributed by atoms with E-state index in [9.17, 15) is 50.8 Å². The number of carboxylic acids is 1. The highest BCUT2D eigenvalue weighted by molar-refractivity contribution is 6.15. The summed E-state index contributed by atoms with van der Waals surface area (Å²) in [7, 11) is 0. The summed E-state index contributed by atoms with van der Waals surface area (Å²) in [5.74, 6) is -4.68. The van der Waals surface area contributed by atoms with Crippen LogP contribution in [0.1, 0.15) is 81.1 Å². The lowest BCUT2D eigenvalue weighted by Crippen LogP contribution is -2.79. The summed E-state index contributed by atoms with van der Waals surface area (Å²) >= 11 is 0. The van der Waals surface area contributed by atoms with Crippen LogP contribution in [0.2, 0.25) is 0 Å². The smallest absolute Gasteiger partial charge is 0.336 e. The van der Waals surface area contributed by atoms with E-state index >= 15 is 0 Å². The zero-order valence-corrected chi connectivity index (χ0v) is 37.5. The van der Waals surface area contributed by atoms with Crippen LogP contribution in [0, 0.1) is 11.3 Å². The summed E-state index contributed by atoms with van der Waals surface area (Å²) < 4.78 is 31.6. The Hall–Kier alpha value is -6.61. The number of amidine groups is 1. The molecule has 2 aliphatic carbocycles. The fourth-order valence-electron chi connectivity index (χ4n) is 10.3. The Labute approximate surface area is 395 Å². The zero-order valence-electron chi connectivity index (χ0n) is 37.5. The molecule has 9 atom stereocenters. The van der Waals surface area contributed by atoms with Gasteiger partial charge in [-0.3, -0.25) is 10.4 Å². The van der Waals surface area contributed by atoms with Gasteiger partial charge in [0.1, 0.15) is 70.3 Å². The van der Waals surface area contributed by atoms with Gasteiger partial charge in [-0.2, -0.15) is 0 Å². The number of aromatic hydroxyl groups is 2. The van der Waals surface area contributed by atoms with Crippen molar-refractivity contribution in [2.45, 2.75) is 112 Å². The van der Waals surface area contributed by atoms with Crippen LogP contribution in [0.25, 0.3) is 5.76 Å². The first kappa shape index (κ1) is 47.5. The molecule has 3 aromatic rings. The van der Waals surface area contributed by atoms with Crippen molar-refractivity contribution in [1.82, 2.24) is 0 Å². The van der Waals surface area contributed by atoms with Crippen molar-refractivity contribution >= 4 is 35.3 Å². The average molecular weight is 951 g/mol. The third kappa shape index (κ3) is 8.52. The van der Waals surface area contributed by atoms with Gasteiger partial charge < -0.3 is 69.6 Å². The number of carbonyl (C=O) groups is 1. The van der Waals surface area contributed by atoms with Gasteiger partial charge in [0.05, 0.1) is 30.5 Å². The number of fused-ring (bicyclic) bond motifs is 3. The predicted molar refractivity (Wildman–Crippen MR) is 249 cm³/mol. The molecule has 2 fully saturated rings. The van der Waals surface area contributed by atoms with Gasteiger partial charge in [0, 0.05) is 12.1 Å². The number of aliphatic imine (C=N–C) groups is 3. The van der Waals surface area contributed by atoms with Crippen LogP contribution in [0.5, 0.6) is 34.5 Å². The summed E-state index contributed by atoms with van der Waals surface area (Å²) in [5, 5.41) is 111. The number of phenols is 2. The number of aliphatic hydroxyl groups is 6. The monoisotopic (exact) mass is 950 g/mol. The summed E-state index contributed by atoms with van der Waals surface area (Å²) in [6, 6.07) is 14.0. The van der Waals surface area contributed by atoms with Gasteiger partial charge in [0.25, 0.3) is 0 Å². The SMILES string of the molecule is CCCCCC1=C[C@]2(O)[C@H](Oc3cc4c(c(O)c3OC3(c5cccc(O)c5)CCCC3)C(O)=CC(c3ccc(O[C@H](CO)[C@H](O)C5=NC(=N)C=C5)cc3)O4)O[C@H](C(=O)O)[C@](O)([C@H]1C1=NC=NC1)[C@H]2O. The average Bonchev–Trinajstić information content (AvgIpc) is 4.13. The van der Waals surface area contributed by atoms with Crippen molar-refractivity contribution in [3.05, 3.63) is 101 Å². The van der Waals surface area contributed by atoms with Crippen LogP contribution in [0.15, 0.2) is 99.5 Å². The number of hydrogen-bond donors (Lipinski definition) is 10. The van der Waals surface area contributed by atoms with Crippen molar-refractivity contribution in [2.75, 3.05) is 13.2 Å². The van der Waals surface area contributed by atoms with Gasteiger partial charge in [0.15, 0.2) is 29.3 Å². The van der Waals surface area contributed by atoms with Crippen LogP contribution in [0.3, 0.4) is 0 Å². The molecular weight excluding hydrogens is 897 g/mol. The normalized spacial score (nSPS) is 28.4. The quantitative estimate of drug-likeness (QED) is 0.0648. The molecule has 0 radical (unpaired) electrons. The van der Waals surface area contributed by atoms with Crippen LogP contribution in [-0.4, -0.2) is 131 Å². The molecule has 4 heterocycles. The molecule has 364 valence electrons. The van der Waals surface area contributed by atoms with Crippen molar-refractivity contribution < 1.29 is 74.4 Å². The van der Waals surface area contributed by atoms with Gasteiger partial charge in [-0.15, -0.1) is 0 Å². The molecule has 4 aliphatic heterocycles. The molecule has 19 nitrogen and oxygen atoms in total. The summed E-state index contributed by atoms with van der Waals surface area (Å²) in [5.41, 5.74) is -4.79. The molecule has 3 aromatic carbocycles. The van der Waals surface area contributed by atoms with Gasteiger partial charge >= 0.3 is 5.97 Å². The molecule has 9 rings (SSSR count). The minimum atomic E-state index is -2.66. The Bertz CT molecular complexity index is 2690. The largest absolute Gasteiger partial charge is 0.508 e. The lowest BCUT2D eigenvalue weighted by atomic mass is 9.60. The molecule has 1 saturated heterocycles. The molecule has 1 saturated carbocycles. The third-order valence-electron chi connectivity index (χ3n) is 13.7. The molecule has 19 heteroatoms. The van der Waals surface area contributed by atoms with Crippen LogP contribution in [-0.2, 0) is 15.1 Å². The molecule has 6 aliphatic rings. The minimum absolute atomic E-state index is 0.0160. The lowest BCUT2D eigenvalue weighted by Gasteiger charge is -2.57. The van der Waals surface area contributed by atoms with Gasteiger partial charge in [-0.1, -0.05) is 49.6 Å². The van der Waals surface area contributed by atoms with Crippen LogP contribution < -0.4 is 18.9 Å². The topological polar surface area (TPSA) is 306 Å². The van der Waals surface area contributed by atoms with Crippen LogP contribution in [0.4, 0.5) is 0 Å². The van der Waals surface area contributed by atoms with E-state index < -0.39 is 83.6 Å². The highest BCUT2D eigenvalue weighted by Gasteiger charge is 2.71. The maximum atomic E-state index is 13.2. The Morgan fingerprint density at radius 3 is 2.45 bits per heavy atom. The molecule has 10 N–H and O–H groups in total. The fourth-order valence-corrected chi connectivity index (χ4v) is 10.3. The summed E-state index contributed by atoms with van der Waals surface area (Å²) in [6.45, 7) is 1.44. The highest BCUT2D eigenvalue weighted by Crippen LogP contribution is 2.57. The first-order valence-electron chi connectivity index (χ1n) is 22.9. The van der Waals surface area contributed by atoms with Crippen molar-refractivity contribution in [3.63, 3.8) is 0 Å². The van der Waals surface area contributed by atoms with Crippen molar-refractivity contribution in [2.24, 2.45) is 20.9 Å². The number of rotatable bonds is 17. The Kier molecular flexibility index (Phi) is 12.9. The first-order valence-corrected chi connectivity index (χ1v) is 22.9. The maximum absolute atomic E-state index is 13.2. The third-order valence-corrected chi connectivity index (χ3v) is 13.7. The number of hydrogen-bond acceptors (Lipinski definition) is 17. The second-order valence-electron chi connectivity index (χ2n) is 18.1. The van der Waals surface area contributed by atoms with E-state index in [1.807, 2.05) is 6.92 Å². The van der Waals surface area contributed by atoms with E-state index in [2.05, 4.69) is 15.0 Å². The van der Waals surface area contributed by atoms with E-state index in [0.717, 1.165) is 12.8 Å². The van der Waals surface area contributed by atoms with E-state index in [-0.39, 0.29) is 64.5 Å². The van der Waals surface area contributed by atoms with Crippen molar-refractivity contribution in [1.29, 1.82) is 5.41 Å². The number of aliphatic carboxylic acids is 1. The number of nitrogens with zero attached hydrogens (tertiary/aromatic N) is 3. The molecule has 0 amide bonds. The summed E-state index contributed by atoms with van der Waals surface area (Å²) in [6.07, 6.45) is 1.47. The van der Waals surface area contributed by atoms with E-state index in [1.54, 1.807) is 36.4 Å². The number of carboxylic acid groups (broad SMARTS) is 1. The predicted octanol–water partition coefficient (Wildman–Crippen LogP) is 4.70. The maximum Gasteiger partial charge on any atom is 0.336 e. The van der Waals surface area contributed by atoms with Crippen LogP contribution >= 0.6 is 0 Å². The number of nitrogens with one attached hydrogen (secondary N) is 1. The number of unbranched alkanes of at least 4 members (excludes halogenated alkanes) is 2. The molecule has 0 spiro atoms.